The smallest absolute Gasteiger partial charge is 0.119 e. The number of hydrogen-bond donors (Lipinski definition) is 1. The van der Waals surface area contributed by atoms with Gasteiger partial charge in [-0.3, -0.25) is 0 Å². The summed E-state index contributed by atoms with van der Waals surface area (Å²) in [5.74, 6) is 0.928. The molecule has 1 aromatic carbocycles. The summed E-state index contributed by atoms with van der Waals surface area (Å²) in [6.45, 7) is 3.24. The van der Waals surface area contributed by atoms with Gasteiger partial charge in [0.05, 0.1) is 7.11 Å². The summed E-state index contributed by atoms with van der Waals surface area (Å²) in [6, 6.07) is 10.9. The van der Waals surface area contributed by atoms with Crippen LogP contribution < -0.4 is 10.1 Å². The van der Waals surface area contributed by atoms with E-state index in [9.17, 15) is 0 Å². The number of thiophene rings is 1. The molecule has 0 fully saturated rings. The Morgan fingerprint density at radius 1 is 1.32 bits per heavy atom. The van der Waals surface area contributed by atoms with Gasteiger partial charge >= 0.3 is 0 Å². The highest BCUT2D eigenvalue weighted by Crippen LogP contribution is 2.23. The molecule has 0 aliphatic heterocycles. The van der Waals surface area contributed by atoms with Gasteiger partial charge in [-0.1, -0.05) is 19.1 Å². The molecule has 1 N–H and O–H groups in total. The van der Waals surface area contributed by atoms with Crippen molar-refractivity contribution in [3.63, 3.8) is 0 Å². The number of nitrogens with one attached hydrogen (secondary N) is 1. The monoisotopic (exact) mass is 275 g/mol. The van der Waals surface area contributed by atoms with Gasteiger partial charge in [0.1, 0.15) is 5.75 Å². The lowest BCUT2D eigenvalue weighted by atomic mass is 10.0. The van der Waals surface area contributed by atoms with Gasteiger partial charge in [-0.25, -0.2) is 0 Å². The van der Waals surface area contributed by atoms with E-state index in [-0.39, 0.29) is 0 Å². The van der Waals surface area contributed by atoms with E-state index in [0.717, 1.165) is 25.1 Å². The molecule has 19 heavy (non-hydrogen) atoms. The van der Waals surface area contributed by atoms with Crippen molar-refractivity contribution in [1.82, 2.24) is 5.32 Å². The van der Waals surface area contributed by atoms with Crippen LogP contribution in [0.3, 0.4) is 0 Å². The highest BCUT2D eigenvalue weighted by atomic mass is 32.1. The molecule has 102 valence electrons. The first kappa shape index (κ1) is 14.1. The normalized spacial score (nSPS) is 12.3. The summed E-state index contributed by atoms with van der Waals surface area (Å²) >= 11 is 1.75. The van der Waals surface area contributed by atoms with Crippen LogP contribution in [-0.2, 0) is 6.42 Å². The zero-order chi connectivity index (χ0) is 13.5. The Balaban J connectivity index is 2.10. The molecule has 2 nitrogen and oxygen atoms in total. The van der Waals surface area contributed by atoms with Crippen molar-refractivity contribution < 1.29 is 4.74 Å². The summed E-state index contributed by atoms with van der Waals surface area (Å²) in [4.78, 5) is 0. The minimum absolute atomic E-state index is 0.387. The third kappa shape index (κ3) is 4.08. The van der Waals surface area contributed by atoms with Crippen LogP contribution in [0.1, 0.15) is 30.5 Å². The fraction of sp³-hybridized carbons (Fsp3) is 0.375. The van der Waals surface area contributed by atoms with Gasteiger partial charge in [0, 0.05) is 6.04 Å². The molecule has 0 saturated heterocycles. The molecule has 0 aliphatic rings. The van der Waals surface area contributed by atoms with Crippen molar-refractivity contribution in [2.45, 2.75) is 25.8 Å². The van der Waals surface area contributed by atoms with Gasteiger partial charge < -0.3 is 10.1 Å². The molecular formula is C16H21NOS. The number of benzene rings is 1. The van der Waals surface area contributed by atoms with Gasteiger partial charge in [0.25, 0.3) is 0 Å². The van der Waals surface area contributed by atoms with E-state index in [4.69, 9.17) is 4.74 Å². The maximum Gasteiger partial charge on any atom is 0.119 e. The predicted octanol–water partition coefficient (Wildman–Crippen LogP) is 4.04. The minimum Gasteiger partial charge on any atom is -0.497 e. The molecule has 1 aromatic heterocycles. The Labute approximate surface area is 119 Å². The van der Waals surface area contributed by atoms with E-state index in [1.165, 1.54) is 11.1 Å². The maximum absolute atomic E-state index is 5.29. The molecule has 1 unspecified atom stereocenters. The standard InChI is InChI=1S/C16H21NOS/c1-3-8-17-16(14-7-9-19-12-14)11-13-5-4-6-15(10-13)18-2/h4-7,9-10,12,16-17H,3,8,11H2,1-2H3. The SMILES string of the molecule is CCCNC(Cc1cccc(OC)c1)c1ccsc1. The van der Waals surface area contributed by atoms with Crippen LogP contribution in [0, 0.1) is 0 Å². The Hall–Kier alpha value is -1.32. The van der Waals surface area contributed by atoms with Crippen LogP contribution in [-0.4, -0.2) is 13.7 Å². The number of rotatable bonds is 7. The topological polar surface area (TPSA) is 21.3 Å². The fourth-order valence-corrected chi connectivity index (χ4v) is 2.85. The fourth-order valence-electron chi connectivity index (χ4n) is 2.13. The Bertz CT molecular complexity index is 481. The molecular weight excluding hydrogens is 254 g/mol. The summed E-state index contributed by atoms with van der Waals surface area (Å²) in [5.41, 5.74) is 2.68. The van der Waals surface area contributed by atoms with Gasteiger partial charge in [0.15, 0.2) is 0 Å². The van der Waals surface area contributed by atoms with Crippen LogP contribution in [0.15, 0.2) is 41.1 Å². The Morgan fingerprint density at radius 3 is 2.89 bits per heavy atom. The van der Waals surface area contributed by atoms with Crippen molar-refractivity contribution in [3.05, 3.63) is 52.2 Å². The molecule has 0 saturated carbocycles. The second kappa shape index (κ2) is 7.31. The lowest BCUT2D eigenvalue weighted by Crippen LogP contribution is -2.23. The molecule has 2 rings (SSSR count). The number of hydrogen-bond acceptors (Lipinski definition) is 3. The van der Waals surface area contributed by atoms with Gasteiger partial charge in [-0.15, -0.1) is 0 Å². The molecule has 2 aromatic rings. The first-order valence-corrected chi connectivity index (χ1v) is 7.66. The second-order valence-electron chi connectivity index (χ2n) is 4.62. The van der Waals surface area contributed by atoms with Crippen LogP contribution in [0.2, 0.25) is 0 Å². The highest BCUT2D eigenvalue weighted by Gasteiger charge is 2.12. The Kier molecular flexibility index (Phi) is 5.43. The lowest BCUT2D eigenvalue weighted by Gasteiger charge is -2.18. The molecule has 0 aliphatic carbocycles. The van der Waals surface area contributed by atoms with Crippen molar-refractivity contribution in [2.75, 3.05) is 13.7 Å². The zero-order valence-corrected chi connectivity index (χ0v) is 12.4. The second-order valence-corrected chi connectivity index (χ2v) is 5.40. The predicted molar refractivity (Wildman–Crippen MR) is 82.1 cm³/mol. The number of ether oxygens (including phenoxy) is 1. The molecule has 1 heterocycles. The van der Waals surface area contributed by atoms with E-state index in [2.05, 4.69) is 47.3 Å². The number of methoxy groups -OCH3 is 1. The summed E-state index contributed by atoms with van der Waals surface area (Å²) < 4.78 is 5.29. The van der Waals surface area contributed by atoms with Gasteiger partial charge in [-0.2, -0.15) is 11.3 Å². The van der Waals surface area contributed by atoms with E-state index in [1.807, 2.05) is 6.07 Å². The summed E-state index contributed by atoms with van der Waals surface area (Å²) in [5, 5.41) is 7.99. The van der Waals surface area contributed by atoms with Crippen molar-refractivity contribution in [3.8, 4) is 5.75 Å². The lowest BCUT2D eigenvalue weighted by molar-refractivity contribution is 0.413. The maximum atomic E-state index is 5.29. The van der Waals surface area contributed by atoms with Crippen LogP contribution >= 0.6 is 11.3 Å². The van der Waals surface area contributed by atoms with E-state index in [1.54, 1.807) is 18.4 Å². The molecule has 1 atom stereocenters. The average Bonchev–Trinajstić information content (AvgIpc) is 2.97. The minimum atomic E-state index is 0.387. The molecule has 0 amide bonds. The Morgan fingerprint density at radius 2 is 2.21 bits per heavy atom. The van der Waals surface area contributed by atoms with Gasteiger partial charge in [-0.05, 0) is 59.5 Å². The summed E-state index contributed by atoms with van der Waals surface area (Å²) in [6.07, 6.45) is 2.15. The largest absolute Gasteiger partial charge is 0.497 e. The first-order valence-electron chi connectivity index (χ1n) is 6.72. The van der Waals surface area contributed by atoms with E-state index >= 15 is 0 Å². The third-order valence-electron chi connectivity index (χ3n) is 3.16. The van der Waals surface area contributed by atoms with Crippen LogP contribution in [0.4, 0.5) is 0 Å². The zero-order valence-electron chi connectivity index (χ0n) is 11.6. The van der Waals surface area contributed by atoms with E-state index < -0.39 is 0 Å². The molecule has 0 bridgehead atoms. The van der Waals surface area contributed by atoms with Crippen molar-refractivity contribution >= 4 is 11.3 Å². The third-order valence-corrected chi connectivity index (χ3v) is 3.86. The highest BCUT2D eigenvalue weighted by molar-refractivity contribution is 7.07. The first-order chi connectivity index (χ1) is 9.33. The van der Waals surface area contributed by atoms with Crippen molar-refractivity contribution in [2.24, 2.45) is 0 Å². The summed E-state index contributed by atoms with van der Waals surface area (Å²) in [7, 11) is 1.71. The molecule has 0 spiro atoms. The van der Waals surface area contributed by atoms with Crippen LogP contribution in [0.25, 0.3) is 0 Å². The van der Waals surface area contributed by atoms with Crippen LogP contribution in [0.5, 0.6) is 5.75 Å². The average molecular weight is 275 g/mol. The molecule has 3 heteroatoms. The van der Waals surface area contributed by atoms with Gasteiger partial charge in [0.2, 0.25) is 0 Å². The molecule has 0 radical (unpaired) electrons. The quantitative estimate of drug-likeness (QED) is 0.823. The van der Waals surface area contributed by atoms with Crippen molar-refractivity contribution in [1.29, 1.82) is 0 Å². The van der Waals surface area contributed by atoms with E-state index in [0.29, 0.717) is 6.04 Å².